The molecule has 2 aromatic rings. The van der Waals surface area contributed by atoms with E-state index in [1.807, 2.05) is 12.1 Å². The number of methoxy groups -OCH3 is 1. The van der Waals surface area contributed by atoms with Gasteiger partial charge in [0.1, 0.15) is 11.6 Å². The normalized spacial score (nSPS) is 21.2. The maximum absolute atomic E-state index is 14.3. The molecule has 0 spiro atoms. The first-order valence-electron chi connectivity index (χ1n) is 7.97. The number of benzene rings is 2. The second-order valence-electron chi connectivity index (χ2n) is 6.22. The Bertz CT molecular complexity index is 679. The van der Waals surface area contributed by atoms with Crippen molar-refractivity contribution in [1.29, 1.82) is 0 Å². The summed E-state index contributed by atoms with van der Waals surface area (Å²) in [4.78, 5) is 0. The minimum Gasteiger partial charge on any atom is -0.495 e. The highest BCUT2D eigenvalue weighted by Gasteiger charge is 2.26. The zero-order valence-electron chi connectivity index (χ0n) is 13.2. The van der Waals surface area contributed by atoms with Crippen molar-refractivity contribution in [2.45, 2.75) is 37.5 Å². The molecular weight excluding hydrogens is 313 g/mol. The lowest BCUT2D eigenvalue weighted by Crippen LogP contribution is -2.13. The van der Waals surface area contributed by atoms with E-state index in [9.17, 15) is 4.39 Å². The Kier molecular flexibility index (Phi) is 4.76. The van der Waals surface area contributed by atoms with Crippen molar-refractivity contribution >= 4 is 17.3 Å². The summed E-state index contributed by atoms with van der Waals surface area (Å²) >= 11 is 5.95. The van der Waals surface area contributed by atoms with E-state index >= 15 is 0 Å². The fraction of sp³-hybridized carbons (Fsp3) is 0.368. The van der Waals surface area contributed by atoms with Crippen LogP contribution >= 0.6 is 11.6 Å². The van der Waals surface area contributed by atoms with Gasteiger partial charge in [-0.1, -0.05) is 23.7 Å². The van der Waals surface area contributed by atoms with Crippen LogP contribution in [0.25, 0.3) is 0 Å². The number of ether oxygens (including phenoxy) is 1. The minimum atomic E-state index is -0.224. The second-order valence-corrected chi connectivity index (χ2v) is 6.65. The van der Waals surface area contributed by atoms with Crippen LogP contribution in [-0.2, 0) is 0 Å². The molecule has 0 radical (unpaired) electrons. The Morgan fingerprint density at radius 3 is 2.26 bits per heavy atom. The van der Waals surface area contributed by atoms with Crippen LogP contribution in [0, 0.1) is 5.82 Å². The molecular formula is C19H21ClFNO. The summed E-state index contributed by atoms with van der Waals surface area (Å²) in [5.74, 6) is 1.09. The monoisotopic (exact) mass is 333 g/mol. The topological polar surface area (TPSA) is 35.2 Å². The average molecular weight is 334 g/mol. The standard InChI is InChI=1S/C19H21ClFNO/c1-23-19-10-16(17(21)11-18(19)22)14-4-2-12(3-5-14)13-6-8-15(20)9-7-13/h6-12,14H,2-5,22H2,1H3. The van der Waals surface area contributed by atoms with Crippen molar-refractivity contribution in [2.24, 2.45) is 0 Å². The first kappa shape index (κ1) is 16.1. The van der Waals surface area contributed by atoms with E-state index in [0.717, 1.165) is 36.3 Å². The Morgan fingerprint density at radius 2 is 1.65 bits per heavy atom. The molecule has 0 bridgehead atoms. The predicted octanol–water partition coefficient (Wildman–Crippen LogP) is 5.51. The molecule has 0 atom stereocenters. The first-order valence-corrected chi connectivity index (χ1v) is 8.34. The van der Waals surface area contributed by atoms with Crippen molar-refractivity contribution in [2.75, 3.05) is 12.8 Å². The molecule has 0 unspecified atom stereocenters. The number of anilines is 1. The summed E-state index contributed by atoms with van der Waals surface area (Å²) in [5.41, 5.74) is 8.17. The second kappa shape index (κ2) is 6.79. The molecule has 0 aromatic heterocycles. The van der Waals surface area contributed by atoms with E-state index in [1.54, 1.807) is 13.2 Å². The Labute approximate surface area is 141 Å². The van der Waals surface area contributed by atoms with Crippen molar-refractivity contribution in [1.82, 2.24) is 0 Å². The van der Waals surface area contributed by atoms with Gasteiger partial charge in [0.25, 0.3) is 0 Å². The van der Waals surface area contributed by atoms with Gasteiger partial charge in [-0.25, -0.2) is 4.39 Å². The Morgan fingerprint density at radius 1 is 1.04 bits per heavy atom. The first-order chi connectivity index (χ1) is 11.1. The highest BCUT2D eigenvalue weighted by atomic mass is 35.5. The van der Waals surface area contributed by atoms with Gasteiger partial charge in [0, 0.05) is 11.1 Å². The molecule has 122 valence electrons. The summed E-state index contributed by atoms with van der Waals surface area (Å²) in [6.45, 7) is 0. The quantitative estimate of drug-likeness (QED) is 0.751. The molecule has 0 heterocycles. The molecule has 1 aliphatic rings. The van der Waals surface area contributed by atoms with Crippen molar-refractivity contribution < 1.29 is 9.13 Å². The molecule has 0 aliphatic heterocycles. The van der Waals surface area contributed by atoms with Crippen LogP contribution in [0.1, 0.15) is 48.6 Å². The van der Waals surface area contributed by atoms with E-state index < -0.39 is 0 Å². The van der Waals surface area contributed by atoms with Gasteiger partial charge in [0.2, 0.25) is 0 Å². The maximum Gasteiger partial charge on any atom is 0.142 e. The van der Waals surface area contributed by atoms with Crippen LogP contribution < -0.4 is 10.5 Å². The van der Waals surface area contributed by atoms with Crippen LogP contribution in [-0.4, -0.2) is 7.11 Å². The molecule has 1 saturated carbocycles. The maximum atomic E-state index is 14.3. The smallest absolute Gasteiger partial charge is 0.142 e. The lowest BCUT2D eigenvalue weighted by Gasteiger charge is -2.29. The fourth-order valence-corrected chi connectivity index (χ4v) is 3.67. The van der Waals surface area contributed by atoms with E-state index in [2.05, 4.69) is 12.1 Å². The minimum absolute atomic E-state index is 0.224. The van der Waals surface area contributed by atoms with Gasteiger partial charge in [-0.2, -0.15) is 0 Å². The van der Waals surface area contributed by atoms with E-state index in [-0.39, 0.29) is 11.7 Å². The van der Waals surface area contributed by atoms with Gasteiger partial charge in [0.15, 0.2) is 0 Å². The highest BCUT2D eigenvalue weighted by Crippen LogP contribution is 2.42. The molecule has 2 aromatic carbocycles. The lowest BCUT2D eigenvalue weighted by molar-refractivity contribution is 0.382. The number of hydrogen-bond donors (Lipinski definition) is 1. The van der Waals surface area contributed by atoms with Crippen LogP contribution in [0.5, 0.6) is 5.75 Å². The fourth-order valence-electron chi connectivity index (χ4n) is 3.55. The van der Waals surface area contributed by atoms with Gasteiger partial charge in [-0.15, -0.1) is 0 Å². The van der Waals surface area contributed by atoms with Crippen molar-refractivity contribution in [3.63, 3.8) is 0 Å². The summed E-state index contributed by atoms with van der Waals surface area (Å²) in [6.07, 6.45) is 4.05. The van der Waals surface area contributed by atoms with Gasteiger partial charge in [-0.05, 0) is 66.8 Å². The van der Waals surface area contributed by atoms with Gasteiger partial charge in [-0.3, -0.25) is 0 Å². The van der Waals surface area contributed by atoms with Crippen molar-refractivity contribution in [3.05, 3.63) is 58.4 Å². The molecule has 3 rings (SSSR count). The summed E-state index contributed by atoms with van der Waals surface area (Å²) in [5, 5.41) is 0.762. The van der Waals surface area contributed by atoms with E-state index in [1.165, 1.54) is 11.6 Å². The third-order valence-electron chi connectivity index (χ3n) is 4.86. The number of rotatable bonds is 3. The summed E-state index contributed by atoms with van der Waals surface area (Å²) in [7, 11) is 1.56. The molecule has 2 N–H and O–H groups in total. The lowest BCUT2D eigenvalue weighted by atomic mass is 9.76. The van der Waals surface area contributed by atoms with Gasteiger partial charge in [0.05, 0.1) is 12.8 Å². The molecule has 2 nitrogen and oxygen atoms in total. The van der Waals surface area contributed by atoms with E-state index in [0.29, 0.717) is 17.4 Å². The Hall–Kier alpha value is -1.74. The van der Waals surface area contributed by atoms with Gasteiger partial charge < -0.3 is 10.5 Å². The highest BCUT2D eigenvalue weighted by molar-refractivity contribution is 6.30. The molecule has 1 fully saturated rings. The van der Waals surface area contributed by atoms with E-state index in [4.69, 9.17) is 22.1 Å². The number of nitrogen functional groups attached to an aromatic ring is 1. The Balaban J connectivity index is 1.73. The number of nitrogens with two attached hydrogens (primary N) is 1. The SMILES string of the molecule is COc1cc(C2CCC(c3ccc(Cl)cc3)CC2)c(F)cc1N. The van der Waals surface area contributed by atoms with Crippen LogP contribution in [0.3, 0.4) is 0 Å². The summed E-state index contributed by atoms with van der Waals surface area (Å²) in [6, 6.07) is 11.2. The van der Waals surface area contributed by atoms with Crippen LogP contribution in [0.4, 0.5) is 10.1 Å². The molecule has 1 aliphatic carbocycles. The van der Waals surface area contributed by atoms with Crippen LogP contribution in [0.2, 0.25) is 5.02 Å². The van der Waals surface area contributed by atoms with Crippen LogP contribution in [0.15, 0.2) is 36.4 Å². The molecule has 4 heteroatoms. The average Bonchev–Trinajstić information content (AvgIpc) is 2.56. The van der Waals surface area contributed by atoms with Crippen molar-refractivity contribution in [3.8, 4) is 5.75 Å². The zero-order valence-corrected chi connectivity index (χ0v) is 13.9. The third-order valence-corrected chi connectivity index (χ3v) is 5.11. The molecule has 0 saturated heterocycles. The third kappa shape index (κ3) is 3.45. The van der Waals surface area contributed by atoms with Gasteiger partial charge >= 0.3 is 0 Å². The predicted molar refractivity (Wildman–Crippen MR) is 92.8 cm³/mol. The molecule has 23 heavy (non-hydrogen) atoms. The number of halogens is 2. The zero-order chi connectivity index (χ0) is 16.4. The largest absolute Gasteiger partial charge is 0.495 e. The molecule has 0 amide bonds. The number of hydrogen-bond acceptors (Lipinski definition) is 2. The summed E-state index contributed by atoms with van der Waals surface area (Å²) < 4.78 is 19.5.